The molecule has 1 aliphatic carbocycles. The third-order valence-corrected chi connectivity index (χ3v) is 4.19. The van der Waals surface area contributed by atoms with Crippen molar-refractivity contribution in [2.45, 2.75) is 39.5 Å². The number of nitrogens with one attached hydrogen (secondary N) is 2. The Morgan fingerprint density at radius 2 is 1.95 bits per heavy atom. The van der Waals surface area contributed by atoms with E-state index in [1.165, 1.54) is 0 Å². The van der Waals surface area contributed by atoms with E-state index in [0.29, 0.717) is 24.1 Å². The Balaban J connectivity index is 2.16. The van der Waals surface area contributed by atoms with Gasteiger partial charge in [-0.25, -0.2) is 0 Å². The number of H-pyrrole nitrogens is 1. The Bertz CT molecular complexity index is 627. The summed E-state index contributed by atoms with van der Waals surface area (Å²) in [5, 5.41) is 12.0. The van der Waals surface area contributed by atoms with E-state index in [-0.39, 0.29) is 12.1 Å². The van der Waals surface area contributed by atoms with Crippen LogP contribution in [-0.4, -0.2) is 28.5 Å². The number of hydrogen-bond acceptors (Lipinski definition) is 3. The van der Waals surface area contributed by atoms with Gasteiger partial charge in [0.25, 0.3) is 11.5 Å². The van der Waals surface area contributed by atoms with Crippen molar-refractivity contribution in [1.29, 1.82) is 0 Å². The highest BCUT2D eigenvalue weighted by Crippen LogP contribution is 2.37. The zero-order valence-electron chi connectivity index (χ0n) is 12.3. The number of rotatable bonds is 4. The van der Waals surface area contributed by atoms with Gasteiger partial charge in [0.05, 0.1) is 5.41 Å². The van der Waals surface area contributed by atoms with E-state index in [1.54, 1.807) is 19.9 Å². The molecule has 0 atom stereocenters. The van der Waals surface area contributed by atoms with Crippen molar-refractivity contribution in [3.8, 4) is 0 Å². The van der Waals surface area contributed by atoms with E-state index < -0.39 is 22.9 Å². The van der Waals surface area contributed by atoms with E-state index in [1.807, 2.05) is 0 Å². The number of carbonyl (C=O) groups excluding carboxylic acids is 1. The molecule has 0 bridgehead atoms. The largest absolute Gasteiger partial charge is 0.481 e. The van der Waals surface area contributed by atoms with Gasteiger partial charge in [0.15, 0.2) is 0 Å². The third-order valence-electron chi connectivity index (χ3n) is 4.19. The molecule has 0 saturated heterocycles. The molecule has 1 aliphatic rings. The van der Waals surface area contributed by atoms with Crippen molar-refractivity contribution < 1.29 is 14.7 Å². The first-order valence-corrected chi connectivity index (χ1v) is 7.08. The Labute approximate surface area is 122 Å². The first-order chi connectivity index (χ1) is 9.85. The molecule has 21 heavy (non-hydrogen) atoms. The highest BCUT2D eigenvalue weighted by atomic mass is 16.4. The van der Waals surface area contributed by atoms with Crippen LogP contribution in [0.4, 0.5) is 0 Å². The lowest BCUT2D eigenvalue weighted by molar-refractivity contribution is -0.148. The van der Waals surface area contributed by atoms with Crippen molar-refractivity contribution in [2.24, 2.45) is 5.41 Å². The van der Waals surface area contributed by atoms with Gasteiger partial charge >= 0.3 is 5.97 Å². The average Bonchev–Trinajstić information content (AvgIpc) is 2.85. The molecule has 1 aromatic rings. The highest BCUT2D eigenvalue weighted by molar-refractivity contribution is 5.95. The quantitative estimate of drug-likeness (QED) is 0.780. The zero-order valence-corrected chi connectivity index (χ0v) is 12.3. The number of hydrogen-bond donors (Lipinski definition) is 3. The van der Waals surface area contributed by atoms with Crippen LogP contribution in [0.5, 0.6) is 0 Å². The molecule has 1 aromatic heterocycles. The van der Waals surface area contributed by atoms with Crippen molar-refractivity contribution in [1.82, 2.24) is 10.3 Å². The van der Waals surface area contributed by atoms with E-state index >= 15 is 0 Å². The Morgan fingerprint density at radius 1 is 1.33 bits per heavy atom. The van der Waals surface area contributed by atoms with Crippen molar-refractivity contribution in [3.63, 3.8) is 0 Å². The maximum Gasteiger partial charge on any atom is 0.311 e. The monoisotopic (exact) mass is 292 g/mol. The second-order valence-electron chi connectivity index (χ2n) is 5.81. The summed E-state index contributed by atoms with van der Waals surface area (Å²) in [5.41, 5.74) is -0.00238. The molecule has 0 aliphatic heterocycles. The maximum atomic E-state index is 12.2. The number of amides is 1. The van der Waals surface area contributed by atoms with Crippen LogP contribution >= 0.6 is 0 Å². The normalized spacial score (nSPS) is 16.7. The molecule has 6 heteroatoms. The predicted octanol–water partition coefficient (Wildman–Crippen LogP) is 1.37. The molecule has 0 radical (unpaired) electrons. The molecule has 1 amide bonds. The van der Waals surface area contributed by atoms with Crippen LogP contribution in [0, 0.1) is 19.3 Å². The molecule has 0 spiro atoms. The minimum atomic E-state index is -0.888. The van der Waals surface area contributed by atoms with Crippen LogP contribution in [-0.2, 0) is 4.79 Å². The third kappa shape index (κ3) is 2.99. The average molecular weight is 292 g/mol. The van der Waals surface area contributed by atoms with Gasteiger partial charge in [-0.15, -0.1) is 0 Å². The van der Waals surface area contributed by atoms with Gasteiger partial charge in [-0.2, -0.15) is 0 Å². The van der Waals surface area contributed by atoms with Gasteiger partial charge in [-0.3, -0.25) is 14.4 Å². The Kier molecular flexibility index (Phi) is 4.16. The highest BCUT2D eigenvalue weighted by Gasteiger charge is 2.41. The molecule has 1 saturated carbocycles. The lowest BCUT2D eigenvalue weighted by Crippen LogP contribution is -2.42. The molecule has 6 nitrogen and oxygen atoms in total. The van der Waals surface area contributed by atoms with E-state index in [2.05, 4.69) is 10.3 Å². The van der Waals surface area contributed by atoms with Crippen LogP contribution in [0.15, 0.2) is 10.9 Å². The summed E-state index contributed by atoms with van der Waals surface area (Å²) in [5.74, 6) is -1.39. The second kappa shape index (κ2) is 5.71. The molecule has 0 aromatic carbocycles. The SMILES string of the molecule is Cc1cc(C)c(C(=O)NCC2(C(=O)O)CCCC2)c(=O)[nH]1. The first kappa shape index (κ1) is 15.3. The van der Waals surface area contributed by atoms with E-state index in [0.717, 1.165) is 12.8 Å². The van der Waals surface area contributed by atoms with E-state index in [9.17, 15) is 19.5 Å². The predicted molar refractivity (Wildman–Crippen MR) is 77.4 cm³/mol. The minimum Gasteiger partial charge on any atom is -0.481 e. The number of aryl methyl sites for hydroxylation is 2. The Morgan fingerprint density at radius 3 is 2.48 bits per heavy atom. The van der Waals surface area contributed by atoms with Gasteiger partial charge in [-0.05, 0) is 38.3 Å². The zero-order chi connectivity index (χ0) is 15.6. The molecular formula is C15H20N2O4. The smallest absolute Gasteiger partial charge is 0.311 e. The number of carbonyl (C=O) groups is 2. The van der Waals surface area contributed by atoms with Gasteiger partial charge < -0.3 is 15.4 Å². The van der Waals surface area contributed by atoms with Crippen molar-refractivity contribution in [3.05, 3.63) is 33.2 Å². The molecule has 1 fully saturated rings. The lowest BCUT2D eigenvalue weighted by atomic mass is 9.86. The summed E-state index contributed by atoms with van der Waals surface area (Å²) in [6.45, 7) is 3.50. The molecule has 3 N–H and O–H groups in total. The van der Waals surface area contributed by atoms with Gasteiger partial charge in [0.2, 0.25) is 0 Å². The summed E-state index contributed by atoms with van der Waals surface area (Å²) >= 11 is 0. The van der Waals surface area contributed by atoms with Crippen LogP contribution in [0.25, 0.3) is 0 Å². The number of carboxylic acids is 1. The standard InChI is InChI=1S/C15H20N2O4/c1-9-7-10(2)17-13(19)11(9)12(18)16-8-15(14(20)21)5-3-4-6-15/h7H,3-6,8H2,1-2H3,(H,16,18)(H,17,19)(H,20,21). The first-order valence-electron chi connectivity index (χ1n) is 7.08. The number of aliphatic carboxylic acids is 1. The van der Waals surface area contributed by atoms with Gasteiger partial charge in [0, 0.05) is 12.2 Å². The van der Waals surface area contributed by atoms with Crippen LogP contribution in [0.1, 0.15) is 47.3 Å². The summed E-state index contributed by atoms with van der Waals surface area (Å²) < 4.78 is 0. The molecule has 0 unspecified atom stereocenters. The van der Waals surface area contributed by atoms with Crippen LogP contribution in [0.2, 0.25) is 0 Å². The van der Waals surface area contributed by atoms with E-state index in [4.69, 9.17) is 0 Å². The van der Waals surface area contributed by atoms with Crippen molar-refractivity contribution >= 4 is 11.9 Å². The minimum absolute atomic E-state index is 0.0548. The van der Waals surface area contributed by atoms with Crippen molar-refractivity contribution in [2.75, 3.05) is 6.54 Å². The summed E-state index contributed by atoms with van der Waals surface area (Å²) in [6, 6.07) is 1.72. The summed E-state index contributed by atoms with van der Waals surface area (Å²) in [6.07, 6.45) is 2.83. The number of aromatic amines is 1. The fraction of sp³-hybridized carbons (Fsp3) is 0.533. The van der Waals surface area contributed by atoms with Crippen LogP contribution < -0.4 is 10.9 Å². The fourth-order valence-electron chi connectivity index (χ4n) is 2.99. The second-order valence-corrected chi connectivity index (χ2v) is 5.81. The number of carboxylic acid groups (broad SMARTS) is 1. The molecular weight excluding hydrogens is 272 g/mol. The fourth-order valence-corrected chi connectivity index (χ4v) is 2.99. The summed E-state index contributed by atoms with van der Waals surface area (Å²) in [7, 11) is 0. The topological polar surface area (TPSA) is 99.3 Å². The number of aromatic nitrogens is 1. The lowest BCUT2D eigenvalue weighted by Gasteiger charge is -2.24. The molecule has 114 valence electrons. The Hall–Kier alpha value is -2.11. The number of pyridine rings is 1. The summed E-state index contributed by atoms with van der Waals surface area (Å²) in [4.78, 5) is 38.1. The molecule has 1 heterocycles. The van der Waals surface area contributed by atoms with Gasteiger partial charge in [-0.1, -0.05) is 12.8 Å². The maximum absolute atomic E-state index is 12.2. The van der Waals surface area contributed by atoms with Crippen LogP contribution in [0.3, 0.4) is 0 Å². The molecule has 2 rings (SSSR count). The van der Waals surface area contributed by atoms with Gasteiger partial charge in [0.1, 0.15) is 5.56 Å².